The molecule has 4 rings (SSSR count). The third-order valence-corrected chi connectivity index (χ3v) is 6.74. The highest BCUT2D eigenvalue weighted by Gasteiger charge is 2.21. The Morgan fingerprint density at radius 3 is 2.53 bits per heavy atom. The Labute approximate surface area is 181 Å². The number of ether oxygens (including phenoxy) is 1. The number of nitrogens with two attached hydrogens (primary N) is 1. The molecule has 2 heterocycles. The van der Waals surface area contributed by atoms with E-state index in [0.717, 1.165) is 43.5 Å². The predicted molar refractivity (Wildman–Crippen MR) is 124 cm³/mol. The summed E-state index contributed by atoms with van der Waals surface area (Å²) < 4.78 is 6.35. The van der Waals surface area contributed by atoms with Gasteiger partial charge < -0.3 is 15.4 Å². The standard InChI is InChI=1S/C25H36N4O/c1-28(2)19-13-15-29(16-14-19)17-18-30-24-12-11-21(23-9-6-10-25(26)27-23)20-7-4-3-5-8-22(20)24/h6,9-12,19H,3-5,7-8,13-18H2,1-2H3,(H2,26,27). The molecule has 162 valence electrons. The summed E-state index contributed by atoms with van der Waals surface area (Å²) in [6.07, 6.45) is 8.43. The fourth-order valence-corrected chi connectivity index (χ4v) is 4.93. The van der Waals surface area contributed by atoms with Crippen molar-refractivity contribution in [2.24, 2.45) is 0 Å². The predicted octanol–water partition coefficient (Wildman–Crippen LogP) is 4.00. The van der Waals surface area contributed by atoms with E-state index in [1.807, 2.05) is 12.1 Å². The molecule has 0 spiro atoms. The second-order valence-corrected chi connectivity index (χ2v) is 8.96. The maximum Gasteiger partial charge on any atom is 0.124 e. The first-order chi connectivity index (χ1) is 14.6. The number of aromatic nitrogens is 1. The number of anilines is 1. The van der Waals surface area contributed by atoms with Crippen LogP contribution < -0.4 is 10.5 Å². The zero-order valence-corrected chi connectivity index (χ0v) is 18.6. The van der Waals surface area contributed by atoms with Gasteiger partial charge in [0.25, 0.3) is 0 Å². The number of likely N-dealkylation sites (tertiary alicyclic amines) is 1. The van der Waals surface area contributed by atoms with E-state index in [1.165, 1.54) is 61.9 Å². The summed E-state index contributed by atoms with van der Waals surface area (Å²) in [6, 6.07) is 11.0. The van der Waals surface area contributed by atoms with Crippen LogP contribution in [-0.2, 0) is 12.8 Å². The molecule has 1 saturated heterocycles. The quantitative estimate of drug-likeness (QED) is 0.732. The van der Waals surface area contributed by atoms with Crippen LogP contribution in [0.1, 0.15) is 43.2 Å². The Hall–Kier alpha value is -2.11. The topological polar surface area (TPSA) is 54.6 Å². The van der Waals surface area contributed by atoms with Gasteiger partial charge in [0.15, 0.2) is 0 Å². The minimum Gasteiger partial charge on any atom is -0.492 e. The summed E-state index contributed by atoms with van der Waals surface area (Å²) in [5, 5.41) is 0. The lowest BCUT2D eigenvalue weighted by atomic mass is 9.94. The fourth-order valence-electron chi connectivity index (χ4n) is 4.93. The maximum atomic E-state index is 6.35. The van der Waals surface area contributed by atoms with Crippen molar-refractivity contribution in [1.29, 1.82) is 0 Å². The number of hydrogen-bond acceptors (Lipinski definition) is 5. The summed E-state index contributed by atoms with van der Waals surface area (Å²) in [5.41, 5.74) is 10.9. The lowest BCUT2D eigenvalue weighted by Gasteiger charge is -2.35. The zero-order chi connectivity index (χ0) is 20.9. The van der Waals surface area contributed by atoms with Gasteiger partial charge in [-0.25, -0.2) is 4.98 Å². The van der Waals surface area contributed by atoms with E-state index >= 15 is 0 Å². The second kappa shape index (κ2) is 9.80. The molecule has 0 amide bonds. The summed E-state index contributed by atoms with van der Waals surface area (Å²) in [7, 11) is 4.39. The number of rotatable bonds is 6. The molecule has 0 bridgehead atoms. The molecule has 0 saturated carbocycles. The van der Waals surface area contributed by atoms with E-state index in [9.17, 15) is 0 Å². The number of piperidine rings is 1. The van der Waals surface area contributed by atoms with Crippen LogP contribution in [0.5, 0.6) is 5.75 Å². The molecule has 2 aliphatic rings. The molecular formula is C25H36N4O. The van der Waals surface area contributed by atoms with Crippen LogP contribution in [0, 0.1) is 0 Å². The highest BCUT2D eigenvalue weighted by atomic mass is 16.5. The van der Waals surface area contributed by atoms with Crippen LogP contribution >= 0.6 is 0 Å². The number of nitrogens with zero attached hydrogens (tertiary/aromatic N) is 3. The van der Waals surface area contributed by atoms with Gasteiger partial charge >= 0.3 is 0 Å². The number of pyridine rings is 1. The second-order valence-electron chi connectivity index (χ2n) is 8.96. The van der Waals surface area contributed by atoms with Crippen LogP contribution in [0.25, 0.3) is 11.3 Å². The average molecular weight is 409 g/mol. The van der Waals surface area contributed by atoms with E-state index < -0.39 is 0 Å². The molecule has 5 nitrogen and oxygen atoms in total. The summed E-state index contributed by atoms with van der Waals surface area (Å²) in [6.45, 7) is 4.11. The fraction of sp³-hybridized carbons (Fsp3) is 0.560. The van der Waals surface area contributed by atoms with Gasteiger partial charge in [0, 0.05) is 18.2 Å². The number of nitrogen functional groups attached to an aromatic ring is 1. The van der Waals surface area contributed by atoms with E-state index in [0.29, 0.717) is 5.82 Å². The van der Waals surface area contributed by atoms with Gasteiger partial charge in [0.1, 0.15) is 18.2 Å². The summed E-state index contributed by atoms with van der Waals surface area (Å²) in [4.78, 5) is 9.49. The average Bonchev–Trinajstić information content (AvgIpc) is 3.00. The number of hydrogen-bond donors (Lipinski definition) is 1. The lowest BCUT2D eigenvalue weighted by Crippen LogP contribution is -2.43. The highest BCUT2D eigenvalue weighted by molar-refractivity contribution is 5.69. The van der Waals surface area contributed by atoms with Crippen molar-refractivity contribution in [3.8, 4) is 17.0 Å². The van der Waals surface area contributed by atoms with Crippen molar-refractivity contribution < 1.29 is 4.74 Å². The first kappa shape index (κ1) is 21.1. The lowest BCUT2D eigenvalue weighted by molar-refractivity contribution is 0.128. The monoisotopic (exact) mass is 408 g/mol. The number of fused-ring (bicyclic) bond motifs is 1. The molecule has 1 aliphatic carbocycles. The third kappa shape index (κ3) is 4.96. The Morgan fingerprint density at radius 2 is 1.80 bits per heavy atom. The van der Waals surface area contributed by atoms with Crippen LogP contribution in [0.2, 0.25) is 0 Å². The van der Waals surface area contributed by atoms with Crippen molar-refractivity contribution in [3.05, 3.63) is 41.5 Å². The van der Waals surface area contributed by atoms with Crippen molar-refractivity contribution >= 4 is 5.82 Å². The SMILES string of the molecule is CN(C)C1CCN(CCOc2ccc(-c3cccc(N)n3)c3c2CCCCC3)CC1. The van der Waals surface area contributed by atoms with E-state index in [2.05, 4.69) is 47.1 Å². The Morgan fingerprint density at radius 1 is 1.03 bits per heavy atom. The van der Waals surface area contributed by atoms with Gasteiger partial charge in [-0.15, -0.1) is 0 Å². The van der Waals surface area contributed by atoms with Gasteiger partial charge in [-0.05, 0) is 101 Å². The summed E-state index contributed by atoms with van der Waals surface area (Å²) >= 11 is 0. The van der Waals surface area contributed by atoms with Crippen LogP contribution in [0.15, 0.2) is 30.3 Å². The first-order valence-electron chi connectivity index (χ1n) is 11.5. The van der Waals surface area contributed by atoms with Gasteiger partial charge in [0.05, 0.1) is 5.69 Å². The Bertz CT molecular complexity index is 843. The van der Waals surface area contributed by atoms with Gasteiger partial charge in [-0.2, -0.15) is 0 Å². The van der Waals surface area contributed by atoms with Crippen molar-refractivity contribution in [2.75, 3.05) is 46.1 Å². The molecule has 2 N–H and O–H groups in total. The van der Waals surface area contributed by atoms with E-state index in [4.69, 9.17) is 10.5 Å². The van der Waals surface area contributed by atoms with Gasteiger partial charge in [0.2, 0.25) is 0 Å². The molecule has 0 radical (unpaired) electrons. The van der Waals surface area contributed by atoms with Crippen molar-refractivity contribution in [3.63, 3.8) is 0 Å². The molecule has 2 aromatic rings. The van der Waals surface area contributed by atoms with Crippen molar-refractivity contribution in [1.82, 2.24) is 14.8 Å². The van der Waals surface area contributed by atoms with Gasteiger partial charge in [-0.1, -0.05) is 12.5 Å². The molecule has 1 aliphatic heterocycles. The first-order valence-corrected chi connectivity index (χ1v) is 11.5. The minimum atomic E-state index is 0.577. The Kier molecular flexibility index (Phi) is 6.90. The third-order valence-electron chi connectivity index (χ3n) is 6.74. The van der Waals surface area contributed by atoms with Gasteiger partial charge in [-0.3, -0.25) is 4.90 Å². The largest absolute Gasteiger partial charge is 0.492 e. The molecular weight excluding hydrogens is 372 g/mol. The molecule has 0 unspecified atom stereocenters. The smallest absolute Gasteiger partial charge is 0.124 e. The van der Waals surface area contributed by atoms with Crippen LogP contribution in [0.4, 0.5) is 5.82 Å². The maximum absolute atomic E-state index is 6.35. The molecule has 30 heavy (non-hydrogen) atoms. The van der Waals surface area contributed by atoms with Crippen LogP contribution in [-0.4, -0.2) is 61.2 Å². The van der Waals surface area contributed by atoms with Crippen LogP contribution in [0.3, 0.4) is 0 Å². The number of benzene rings is 1. The molecule has 5 heteroatoms. The van der Waals surface area contributed by atoms with E-state index in [1.54, 1.807) is 0 Å². The van der Waals surface area contributed by atoms with E-state index in [-0.39, 0.29) is 0 Å². The highest BCUT2D eigenvalue weighted by Crippen LogP contribution is 2.36. The molecule has 1 fully saturated rings. The molecule has 1 aromatic heterocycles. The molecule has 0 atom stereocenters. The van der Waals surface area contributed by atoms with Crippen molar-refractivity contribution in [2.45, 2.75) is 51.0 Å². The Balaban J connectivity index is 1.45. The summed E-state index contributed by atoms with van der Waals surface area (Å²) in [5.74, 6) is 1.65. The minimum absolute atomic E-state index is 0.577. The molecule has 1 aromatic carbocycles. The normalized spacial score (nSPS) is 18.2. The zero-order valence-electron chi connectivity index (χ0n) is 18.6.